The Balaban J connectivity index is 2.23. The average Bonchev–Trinajstić information content (AvgIpc) is 2.43. The molecule has 0 aliphatic carbocycles. The van der Waals surface area contributed by atoms with E-state index in [0.29, 0.717) is 5.56 Å². The molecule has 0 spiro atoms. The molecule has 1 atom stereocenters. The molecule has 0 saturated heterocycles. The van der Waals surface area contributed by atoms with Crippen molar-refractivity contribution in [1.29, 1.82) is 0 Å². The van der Waals surface area contributed by atoms with E-state index in [2.05, 4.69) is 5.32 Å². The van der Waals surface area contributed by atoms with Crippen molar-refractivity contribution in [2.24, 2.45) is 0 Å². The highest BCUT2D eigenvalue weighted by molar-refractivity contribution is 5.48. The third kappa shape index (κ3) is 3.14. The molecular formula is C16H17F2NO. The van der Waals surface area contributed by atoms with Crippen molar-refractivity contribution in [3.05, 3.63) is 64.7 Å². The van der Waals surface area contributed by atoms with Crippen molar-refractivity contribution in [1.82, 2.24) is 0 Å². The number of benzene rings is 2. The average molecular weight is 277 g/mol. The molecule has 20 heavy (non-hydrogen) atoms. The molecule has 2 aromatic rings. The molecule has 2 aromatic carbocycles. The lowest BCUT2D eigenvalue weighted by molar-refractivity contribution is 0.282. The Kier molecular flexibility index (Phi) is 4.35. The summed E-state index contributed by atoms with van der Waals surface area (Å²) in [6.07, 6.45) is 0. The van der Waals surface area contributed by atoms with Crippen molar-refractivity contribution in [3.63, 3.8) is 0 Å². The van der Waals surface area contributed by atoms with Crippen LogP contribution in [-0.4, -0.2) is 5.11 Å². The molecule has 0 bridgehead atoms. The maximum Gasteiger partial charge on any atom is 0.128 e. The molecule has 4 heteroatoms. The van der Waals surface area contributed by atoms with Gasteiger partial charge in [-0.25, -0.2) is 8.78 Å². The third-order valence-corrected chi connectivity index (χ3v) is 3.24. The van der Waals surface area contributed by atoms with Gasteiger partial charge < -0.3 is 10.4 Å². The molecule has 0 fully saturated rings. The minimum atomic E-state index is -0.429. The molecule has 2 nitrogen and oxygen atoms in total. The molecule has 106 valence electrons. The highest BCUT2D eigenvalue weighted by Gasteiger charge is 2.14. The standard InChI is InChI=1S/C16H17F2NO/c1-10-6-16(18)14(8-15(10)17)11(2)19-13-5-3-4-12(7-13)9-20/h3-8,11,19-20H,9H2,1-2H3. The Morgan fingerprint density at radius 1 is 1.15 bits per heavy atom. The van der Waals surface area contributed by atoms with E-state index in [1.165, 1.54) is 19.1 Å². The van der Waals surface area contributed by atoms with Crippen molar-refractivity contribution < 1.29 is 13.9 Å². The van der Waals surface area contributed by atoms with Crippen LogP contribution >= 0.6 is 0 Å². The lowest BCUT2D eigenvalue weighted by Gasteiger charge is -2.17. The first-order valence-corrected chi connectivity index (χ1v) is 6.43. The minimum Gasteiger partial charge on any atom is -0.392 e. The van der Waals surface area contributed by atoms with Gasteiger partial charge in [-0.1, -0.05) is 12.1 Å². The van der Waals surface area contributed by atoms with Crippen LogP contribution in [0.5, 0.6) is 0 Å². The molecular weight excluding hydrogens is 260 g/mol. The van der Waals surface area contributed by atoms with Crippen LogP contribution in [0.3, 0.4) is 0 Å². The van der Waals surface area contributed by atoms with Gasteiger partial charge in [0.2, 0.25) is 0 Å². The van der Waals surface area contributed by atoms with Crippen LogP contribution < -0.4 is 5.32 Å². The summed E-state index contributed by atoms with van der Waals surface area (Å²) in [6.45, 7) is 3.24. The Hall–Kier alpha value is -1.94. The first-order chi connectivity index (χ1) is 9.51. The fourth-order valence-electron chi connectivity index (χ4n) is 2.08. The van der Waals surface area contributed by atoms with Crippen LogP contribution in [0, 0.1) is 18.6 Å². The predicted molar refractivity (Wildman–Crippen MR) is 75.5 cm³/mol. The number of nitrogens with one attached hydrogen (secondary N) is 1. The highest BCUT2D eigenvalue weighted by atomic mass is 19.1. The molecule has 0 amide bonds. The monoisotopic (exact) mass is 277 g/mol. The van der Waals surface area contributed by atoms with Gasteiger partial charge >= 0.3 is 0 Å². The minimum absolute atomic E-state index is 0.0581. The molecule has 1 unspecified atom stereocenters. The summed E-state index contributed by atoms with van der Waals surface area (Å²) in [4.78, 5) is 0. The lowest BCUT2D eigenvalue weighted by atomic mass is 10.0. The summed E-state index contributed by atoms with van der Waals surface area (Å²) < 4.78 is 27.4. The topological polar surface area (TPSA) is 32.3 Å². The van der Waals surface area contributed by atoms with Gasteiger partial charge in [0, 0.05) is 11.3 Å². The number of hydrogen-bond acceptors (Lipinski definition) is 2. The fraction of sp³-hybridized carbons (Fsp3) is 0.250. The Bertz CT molecular complexity index is 613. The molecule has 0 aromatic heterocycles. The molecule has 0 heterocycles. The van der Waals surface area contributed by atoms with E-state index in [9.17, 15) is 8.78 Å². The summed E-state index contributed by atoms with van der Waals surface area (Å²) in [7, 11) is 0. The molecule has 0 radical (unpaired) electrons. The number of aliphatic hydroxyl groups is 1. The zero-order valence-corrected chi connectivity index (χ0v) is 11.5. The summed E-state index contributed by atoms with van der Waals surface area (Å²) in [5.74, 6) is -0.846. The van der Waals surface area contributed by atoms with Gasteiger partial charge in [0.05, 0.1) is 12.6 Å². The van der Waals surface area contributed by atoms with Crippen LogP contribution in [-0.2, 0) is 6.61 Å². The van der Waals surface area contributed by atoms with Gasteiger partial charge in [-0.05, 0) is 49.2 Å². The molecule has 0 aliphatic rings. The predicted octanol–water partition coefficient (Wildman–Crippen LogP) is 3.94. The van der Waals surface area contributed by atoms with Gasteiger partial charge in [-0.2, -0.15) is 0 Å². The second-order valence-electron chi connectivity index (χ2n) is 4.85. The first kappa shape index (κ1) is 14.5. The zero-order valence-electron chi connectivity index (χ0n) is 11.5. The van der Waals surface area contributed by atoms with E-state index in [1.807, 2.05) is 6.07 Å². The summed E-state index contributed by atoms with van der Waals surface area (Å²) in [6, 6.07) is 9.23. The van der Waals surface area contributed by atoms with Crippen LogP contribution in [0.2, 0.25) is 0 Å². The van der Waals surface area contributed by atoms with E-state index in [-0.39, 0.29) is 18.2 Å². The number of aryl methyl sites for hydroxylation is 1. The van der Waals surface area contributed by atoms with E-state index in [1.54, 1.807) is 25.1 Å². The van der Waals surface area contributed by atoms with Crippen molar-refractivity contribution in [2.75, 3.05) is 5.32 Å². The van der Waals surface area contributed by atoms with Crippen molar-refractivity contribution >= 4 is 5.69 Å². The van der Waals surface area contributed by atoms with E-state index < -0.39 is 11.6 Å². The summed E-state index contributed by atoms with van der Waals surface area (Å²) >= 11 is 0. The van der Waals surface area contributed by atoms with Gasteiger partial charge in [0.15, 0.2) is 0 Å². The normalized spacial score (nSPS) is 12.2. The molecule has 2 N–H and O–H groups in total. The van der Waals surface area contributed by atoms with Crippen LogP contribution in [0.4, 0.5) is 14.5 Å². The number of rotatable bonds is 4. The zero-order chi connectivity index (χ0) is 14.7. The van der Waals surface area contributed by atoms with Crippen molar-refractivity contribution in [2.45, 2.75) is 26.5 Å². The second-order valence-corrected chi connectivity index (χ2v) is 4.85. The number of halogens is 2. The number of anilines is 1. The highest BCUT2D eigenvalue weighted by Crippen LogP contribution is 2.24. The summed E-state index contributed by atoms with van der Waals surface area (Å²) in [5.41, 5.74) is 2.09. The largest absolute Gasteiger partial charge is 0.392 e. The Morgan fingerprint density at radius 2 is 1.90 bits per heavy atom. The van der Waals surface area contributed by atoms with Crippen molar-refractivity contribution in [3.8, 4) is 0 Å². The Labute approximate surface area is 117 Å². The third-order valence-electron chi connectivity index (χ3n) is 3.24. The smallest absolute Gasteiger partial charge is 0.128 e. The molecule has 0 aliphatic heterocycles. The summed E-state index contributed by atoms with van der Waals surface area (Å²) in [5, 5.41) is 12.2. The van der Waals surface area contributed by atoms with Gasteiger partial charge in [-0.3, -0.25) is 0 Å². The van der Waals surface area contributed by atoms with Crippen LogP contribution in [0.1, 0.15) is 29.7 Å². The Morgan fingerprint density at radius 3 is 2.60 bits per heavy atom. The second kappa shape index (κ2) is 6.01. The maximum atomic E-state index is 13.9. The quantitative estimate of drug-likeness (QED) is 0.887. The van der Waals surface area contributed by atoms with Crippen LogP contribution in [0.15, 0.2) is 36.4 Å². The van der Waals surface area contributed by atoms with Gasteiger partial charge in [0.25, 0.3) is 0 Å². The number of hydrogen-bond donors (Lipinski definition) is 2. The van der Waals surface area contributed by atoms with E-state index >= 15 is 0 Å². The lowest BCUT2D eigenvalue weighted by Crippen LogP contribution is -2.09. The molecule has 2 rings (SSSR count). The SMILES string of the molecule is Cc1cc(F)c(C(C)Nc2cccc(CO)c2)cc1F. The fourth-order valence-corrected chi connectivity index (χ4v) is 2.08. The number of aliphatic hydroxyl groups excluding tert-OH is 1. The van der Waals surface area contributed by atoms with E-state index in [4.69, 9.17) is 5.11 Å². The van der Waals surface area contributed by atoms with Gasteiger partial charge in [0.1, 0.15) is 11.6 Å². The van der Waals surface area contributed by atoms with E-state index in [0.717, 1.165) is 11.3 Å². The maximum absolute atomic E-state index is 13.9. The first-order valence-electron chi connectivity index (χ1n) is 6.43. The molecule has 0 saturated carbocycles. The van der Waals surface area contributed by atoms with Gasteiger partial charge in [-0.15, -0.1) is 0 Å². The van der Waals surface area contributed by atoms with Crippen LogP contribution in [0.25, 0.3) is 0 Å².